The molecular weight excluding hydrogens is 319 g/mol. The second-order valence-electron chi connectivity index (χ2n) is 5.84. The Morgan fingerprint density at radius 1 is 1.04 bits per heavy atom. The minimum absolute atomic E-state index is 0.198. The molecule has 2 heterocycles. The number of ether oxygens (including phenoxy) is 1. The molecule has 1 saturated heterocycles. The predicted molar refractivity (Wildman–Crippen MR) is 85.0 cm³/mol. The van der Waals surface area contributed by atoms with E-state index in [9.17, 15) is 13.2 Å². The minimum Gasteiger partial charge on any atom is -0.406 e. The number of hydrogen-bond acceptors (Lipinski definition) is 4. The van der Waals surface area contributed by atoms with Gasteiger partial charge in [0.25, 0.3) is 0 Å². The first-order valence-electron chi connectivity index (χ1n) is 7.86. The van der Waals surface area contributed by atoms with E-state index in [1.807, 2.05) is 6.07 Å². The summed E-state index contributed by atoms with van der Waals surface area (Å²) in [5, 5.41) is 0. The predicted octanol–water partition coefficient (Wildman–Crippen LogP) is 4.34. The molecule has 0 N–H and O–H groups in total. The van der Waals surface area contributed by atoms with Crippen LogP contribution in [0.25, 0.3) is 11.3 Å². The highest BCUT2D eigenvalue weighted by molar-refractivity contribution is 5.64. The van der Waals surface area contributed by atoms with Crippen LogP contribution in [0.3, 0.4) is 0 Å². The first-order chi connectivity index (χ1) is 11.4. The molecule has 128 valence electrons. The second kappa shape index (κ2) is 6.67. The average Bonchev–Trinajstić information content (AvgIpc) is 2.56. The van der Waals surface area contributed by atoms with E-state index >= 15 is 0 Å². The third-order valence-electron chi connectivity index (χ3n) is 4.03. The zero-order valence-corrected chi connectivity index (χ0v) is 13.3. The monoisotopic (exact) mass is 337 g/mol. The molecular formula is C17H18F3N3O. The molecule has 1 aliphatic rings. The maximum Gasteiger partial charge on any atom is 0.573 e. The number of rotatable bonds is 3. The van der Waals surface area contributed by atoms with E-state index in [2.05, 4.69) is 19.6 Å². The van der Waals surface area contributed by atoms with Gasteiger partial charge >= 0.3 is 6.36 Å². The van der Waals surface area contributed by atoms with Crippen molar-refractivity contribution in [3.8, 4) is 17.0 Å². The molecule has 1 aromatic heterocycles. The summed E-state index contributed by atoms with van der Waals surface area (Å²) >= 11 is 0. The van der Waals surface area contributed by atoms with E-state index in [1.54, 1.807) is 19.1 Å². The first kappa shape index (κ1) is 16.5. The summed E-state index contributed by atoms with van der Waals surface area (Å²) < 4.78 is 41.1. The summed E-state index contributed by atoms with van der Waals surface area (Å²) in [5.74, 6) is 0.657. The fourth-order valence-electron chi connectivity index (χ4n) is 2.85. The lowest BCUT2D eigenvalue weighted by molar-refractivity contribution is -0.274. The molecule has 4 nitrogen and oxygen atoms in total. The topological polar surface area (TPSA) is 38.2 Å². The van der Waals surface area contributed by atoms with Crippen LogP contribution in [0.5, 0.6) is 5.75 Å². The number of aromatic nitrogens is 2. The Balaban J connectivity index is 1.85. The minimum atomic E-state index is -4.69. The maximum atomic E-state index is 12.4. The Bertz CT molecular complexity index is 712. The van der Waals surface area contributed by atoms with E-state index in [-0.39, 0.29) is 5.75 Å². The van der Waals surface area contributed by atoms with Gasteiger partial charge in [0.2, 0.25) is 0 Å². The number of anilines is 1. The molecule has 1 aromatic carbocycles. The van der Waals surface area contributed by atoms with Gasteiger partial charge in [-0.1, -0.05) is 0 Å². The number of alkyl halides is 3. The van der Waals surface area contributed by atoms with Crippen molar-refractivity contribution in [3.63, 3.8) is 0 Å². The summed E-state index contributed by atoms with van der Waals surface area (Å²) in [7, 11) is 0. The molecule has 24 heavy (non-hydrogen) atoms. The van der Waals surface area contributed by atoms with E-state index in [0.29, 0.717) is 11.3 Å². The van der Waals surface area contributed by atoms with Crippen LogP contribution in [0.2, 0.25) is 0 Å². The Labute approximate surface area is 138 Å². The first-order valence-corrected chi connectivity index (χ1v) is 7.86. The number of piperidine rings is 1. The Morgan fingerprint density at radius 2 is 1.79 bits per heavy atom. The van der Waals surface area contributed by atoms with Crippen molar-refractivity contribution in [2.45, 2.75) is 32.5 Å². The van der Waals surface area contributed by atoms with Crippen molar-refractivity contribution in [2.75, 3.05) is 18.0 Å². The van der Waals surface area contributed by atoms with Gasteiger partial charge in [0.1, 0.15) is 17.9 Å². The number of hydrogen-bond donors (Lipinski definition) is 0. The van der Waals surface area contributed by atoms with Crippen LogP contribution in [0.1, 0.15) is 24.8 Å². The van der Waals surface area contributed by atoms with Crippen LogP contribution in [-0.2, 0) is 0 Å². The fraction of sp³-hybridized carbons (Fsp3) is 0.412. The zero-order chi connectivity index (χ0) is 17.2. The lowest BCUT2D eigenvalue weighted by Gasteiger charge is -2.27. The maximum absolute atomic E-state index is 12.4. The van der Waals surface area contributed by atoms with Crippen LogP contribution >= 0.6 is 0 Å². The lowest BCUT2D eigenvalue weighted by atomic mass is 10.1. The molecule has 0 saturated carbocycles. The number of aryl methyl sites for hydroxylation is 1. The molecule has 0 bridgehead atoms. The molecule has 0 radical (unpaired) electrons. The smallest absolute Gasteiger partial charge is 0.406 e. The van der Waals surface area contributed by atoms with Crippen LogP contribution in [-0.4, -0.2) is 29.4 Å². The van der Waals surface area contributed by atoms with E-state index in [1.165, 1.54) is 18.8 Å². The average molecular weight is 337 g/mol. The van der Waals surface area contributed by atoms with Gasteiger partial charge in [-0.05, 0) is 49.9 Å². The molecule has 3 rings (SSSR count). The van der Waals surface area contributed by atoms with Crippen molar-refractivity contribution in [1.82, 2.24) is 9.97 Å². The van der Waals surface area contributed by atoms with E-state index in [0.717, 1.165) is 37.3 Å². The van der Waals surface area contributed by atoms with Gasteiger partial charge < -0.3 is 9.64 Å². The Morgan fingerprint density at radius 3 is 2.46 bits per heavy atom. The van der Waals surface area contributed by atoms with Crippen LogP contribution in [0.15, 0.2) is 30.6 Å². The summed E-state index contributed by atoms with van der Waals surface area (Å²) in [6.07, 6.45) is 0.315. The van der Waals surface area contributed by atoms with Crippen molar-refractivity contribution in [2.24, 2.45) is 0 Å². The van der Waals surface area contributed by atoms with Gasteiger partial charge in [-0.3, -0.25) is 0 Å². The number of halogens is 3. The van der Waals surface area contributed by atoms with Crippen LogP contribution in [0, 0.1) is 6.92 Å². The summed E-state index contributed by atoms with van der Waals surface area (Å²) in [6.45, 7) is 3.51. The van der Waals surface area contributed by atoms with Crippen LogP contribution < -0.4 is 9.64 Å². The molecule has 1 fully saturated rings. The quantitative estimate of drug-likeness (QED) is 0.835. The third kappa shape index (κ3) is 3.96. The highest BCUT2D eigenvalue weighted by Gasteiger charge is 2.31. The number of nitrogens with zero attached hydrogens (tertiary/aromatic N) is 3. The van der Waals surface area contributed by atoms with Gasteiger partial charge in [0.15, 0.2) is 0 Å². The molecule has 1 aliphatic heterocycles. The largest absolute Gasteiger partial charge is 0.573 e. The second-order valence-corrected chi connectivity index (χ2v) is 5.84. The third-order valence-corrected chi connectivity index (χ3v) is 4.03. The molecule has 7 heteroatoms. The number of benzene rings is 1. The van der Waals surface area contributed by atoms with Gasteiger partial charge in [-0.2, -0.15) is 0 Å². The Kier molecular flexibility index (Phi) is 4.59. The van der Waals surface area contributed by atoms with Crippen molar-refractivity contribution in [1.29, 1.82) is 0 Å². The highest BCUT2D eigenvalue weighted by Crippen LogP contribution is 2.30. The molecule has 0 amide bonds. The fourth-order valence-corrected chi connectivity index (χ4v) is 2.85. The molecule has 0 spiro atoms. The molecule has 0 unspecified atom stereocenters. The van der Waals surface area contributed by atoms with E-state index in [4.69, 9.17) is 0 Å². The van der Waals surface area contributed by atoms with Gasteiger partial charge in [-0.25, -0.2) is 9.97 Å². The lowest BCUT2D eigenvalue weighted by Crippen LogP contribution is -2.30. The Hall–Kier alpha value is -2.31. The van der Waals surface area contributed by atoms with Gasteiger partial charge in [0.05, 0.1) is 5.69 Å². The van der Waals surface area contributed by atoms with E-state index < -0.39 is 6.36 Å². The standard InChI is InChI=1S/C17H18F3N3O/c1-12-9-13(5-6-15(12)24-17(18,19)20)14-10-16(22-11-21-14)23-7-3-2-4-8-23/h5-6,9-11H,2-4,7-8H2,1H3. The van der Waals surface area contributed by atoms with Gasteiger partial charge in [-0.15, -0.1) is 13.2 Å². The molecule has 0 atom stereocenters. The van der Waals surface area contributed by atoms with Crippen molar-refractivity contribution < 1.29 is 17.9 Å². The van der Waals surface area contributed by atoms with Crippen molar-refractivity contribution >= 4 is 5.82 Å². The summed E-state index contributed by atoms with van der Waals surface area (Å²) in [5.41, 5.74) is 1.83. The zero-order valence-electron chi connectivity index (χ0n) is 13.3. The summed E-state index contributed by atoms with van der Waals surface area (Å²) in [4.78, 5) is 10.8. The molecule has 2 aromatic rings. The van der Waals surface area contributed by atoms with Gasteiger partial charge in [0, 0.05) is 24.7 Å². The summed E-state index contributed by atoms with van der Waals surface area (Å²) in [6, 6.07) is 6.42. The molecule has 0 aliphatic carbocycles. The normalized spacial score (nSPS) is 15.4. The highest BCUT2D eigenvalue weighted by atomic mass is 19.4. The van der Waals surface area contributed by atoms with Crippen LogP contribution in [0.4, 0.5) is 19.0 Å². The SMILES string of the molecule is Cc1cc(-c2cc(N3CCCCC3)ncn2)ccc1OC(F)(F)F. The van der Waals surface area contributed by atoms with Crippen molar-refractivity contribution in [3.05, 3.63) is 36.2 Å².